The van der Waals surface area contributed by atoms with Crippen LogP contribution in [-0.2, 0) is 15.0 Å². The van der Waals surface area contributed by atoms with Crippen molar-refractivity contribution in [3.8, 4) is 0 Å². The van der Waals surface area contributed by atoms with Crippen LogP contribution in [0.4, 0.5) is 17.1 Å². The molecule has 0 saturated heterocycles. The summed E-state index contributed by atoms with van der Waals surface area (Å²) in [7, 11) is 0. The summed E-state index contributed by atoms with van der Waals surface area (Å²) in [5.41, 5.74) is 3.08. The Kier molecular flexibility index (Phi) is 6.44. The number of carbonyl (C=O) groups is 3. The molecule has 0 fully saturated rings. The Morgan fingerprint density at radius 2 is 1.71 bits per heavy atom. The van der Waals surface area contributed by atoms with Gasteiger partial charge >= 0.3 is 0 Å². The quantitative estimate of drug-likeness (QED) is 0.513. The summed E-state index contributed by atoms with van der Waals surface area (Å²) in [4.78, 5) is 40.9. The molecule has 6 nitrogen and oxygen atoms in total. The van der Waals surface area contributed by atoms with Crippen LogP contribution >= 0.6 is 11.6 Å². The smallest absolute Gasteiger partial charge is 0.259 e. The maximum Gasteiger partial charge on any atom is 0.259 e. The topological polar surface area (TPSA) is 78.5 Å². The second-order valence-corrected chi connectivity index (χ2v) is 9.72. The minimum Gasteiger partial charge on any atom is -0.326 e. The summed E-state index contributed by atoms with van der Waals surface area (Å²) >= 11 is 6.00. The lowest BCUT2D eigenvalue weighted by Crippen LogP contribution is -2.52. The maximum atomic E-state index is 13.7. The Hall–Kier alpha value is -3.64. The summed E-state index contributed by atoms with van der Waals surface area (Å²) in [6.45, 7) is 6.30. The first kappa shape index (κ1) is 23.5. The molecule has 4 rings (SSSR count). The van der Waals surface area contributed by atoms with E-state index in [-0.39, 0.29) is 17.7 Å². The minimum absolute atomic E-state index is 0.0554. The molecule has 174 valence electrons. The first-order valence-corrected chi connectivity index (χ1v) is 11.4. The van der Waals surface area contributed by atoms with Crippen LogP contribution < -0.4 is 15.5 Å². The van der Waals surface area contributed by atoms with Crippen LogP contribution in [0.2, 0.25) is 5.02 Å². The molecular weight excluding hydrogens is 450 g/mol. The van der Waals surface area contributed by atoms with Crippen LogP contribution in [0.5, 0.6) is 0 Å². The fourth-order valence-corrected chi connectivity index (χ4v) is 4.12. The molecule has 34 heavy (non-hydrogen) atoms. The predicted octanol–water partition coefficient (Wildman–Crippen LogP) is 5.63. The van der Waals surface area contributed by atoms with E-state index in [0.29, 0.717) is 27.6 Å². The van der Waals surface area contributed by atoms with Gasteiger partial charge in [0.15, 0.2) is 0 Å². The van der Waals surface area contributed by atoms with Crippen LogP contribution in [0.1, 0.15) is 43.1 Å². The summed E-state index contributed by atoms with van der Waals surface area (Å²) in [5, 5.41) is 6.06. The average molecular weight is 476 g/mol. The first-order chi connectivity index (χ1) is 16.1. The molecule has 0 saturated carbocycles. The predicted molar refractivity (Wildman–Crippen MR) is 136 cm³/mol. The molecule has 3 amide bonds. The normalized spacial score (nSPS) is 15.4. The monoisotopic (exact) mass is 475 g/mol. The van der Waals surface area contributed by atoms with E-state index < -0.39 is 17.9 Å². The SMILES string of the molecule is CC(C)(C)c1ccc(C(=O)N2c3ccccc3NC(=O)C2CC(=O)Nc2cccc(Cl)c2)cc1. The number of benzene rings is 3. The summed E-state index contributed by atoms with van der Waals surface area (Å²) in [6, 6.07) is 20.2. The molecule has 1 atom stereocenters. The number of carbonyl (C=O) groups excluding carboxylic acids is 3. The molecule has 7 heteroatoms. The minimum atomic E-state index is -1.01. The average Bonchev–Trinajstić information content (AvgIpc) is 2.78. The first-order valence-electron chi connectivity index (χ1n) is 11.0. The molecule has 1 unspecified atom stereocenters. The summed E-state index contributed by atoms with van der Waals surface area (Å²) in [5.74, 6) is -1.16. The van der Waals surface area contributed by atoms with E-state index in [1.807, 2.05) is 12.1 Å². The maximum absolute atomic E-state index is 13.7. The summed E-state index contributed by atoms with van der Waals surface area (Å²) < 4.78 is 0. The van der Waals surface area contributed by atoms with E-state index in [1.165, 1.54) is 4.90 Å². The molecule has 0 spiro atoms. The molecule has 0 aromatic heterocycles. The fraction of sp³-hybridized carbons (Fsp3) is 0.222. The van der Waals surface area contributed by atoms with Crippen molar-refractivity contribution in [2.24, 2.45) is 0 Å². The van der Waals surface area contributed by atoms with Crippen molar-refractivity contribution in [1.82, 2.24) is 0 Å². The van der Waals surface area contributed by atoms with Crippen molar-refractivity contribution in [3.63, 3.8) is 0 Å². The molecule has 0 aliphatic carbocycles. The highest BCUT2D eigenvalue weighted by atomic mass is 35.5. The zero-order valence-corrected chi connectivity index (χ0v) is 20.0. The van der Waals surface area contributed by atoms with Gasteiger partial charge in [-0.25, -0.2) is 0 Å². The number of nitrogens with one attached hydrogen (secondary N) is 2. The second kappa shape index (κ2) is 9.31. The lowest BCUT2D eigenvalue weighted by atomic mass is 9.86. The van der Waals surface area contributed by atoms with Gasteiger partial charge in [-0.3, -0.25) is 19.3 Å². The number of nitrogens with zero attached hydrogens (tertiary/aromatic N) is 1. The Morgan fingerprint density at radius 3 is 2.38 bits per heavy atom. The highest BCUT2D eigenvalue weighted by Crippen LogP contribution is 2.34. The molecule has 2 N–H and O–H groups in total. The fourth-order valence-electron chi connectivity index (χ4n) is 3.93. The lowest BCUT2D eigenvalue weighted by molar-refractivity contribution is -0.122. The van der Waals surface area contributed by atoms with Gasteiger partial charge in [-0.2, -0.15) is 0 Å². The zero-order valence-electron chi connectivity index (χ0n) is 19.3. The summed E-state index contributed by atoms with van der Waals surface area (Å²) in [6.07, 6.45) is -0.210. The highest BCUT2D eigenvalue weighted by molar-refractivity contribution is 6.31. The van der Waals surface area contributed by atoms with Crippen LogP contribution in [0, 0.1) is 0 Å². The van der Waals surface area contributed by atoms with Crippen molar-refractivity contribution in [2.75, 3.05) is 15.5 Å². The molecule has 1 aliphatic heterocycles. The van der Waals surface area contributed by atoms with E-state index in [1.54, 1.807) is 60.7 Å². The third-order valence-electron chi connectivity index (χ3n) is 5.74. The molecule has 1 aliphatic rings. The number of hydrogen-bond acceptors (Lipinski definition) is 3. The standard InChI is InChI=1S/C27H26ClN3O3/c1-27(2,3)18-13-11-17(12-14-18)26(34)31-22-10-5-4-9-21(22)30-25(33)23(31)16-24(32)29-20-8-6-7-19(28)15-20/h4-15,23H,16H2,1-3H3,(H,29,32)(H,30,33). The van der Waals surface area contributed by atoms with Crippen molar-refractivity contribution < 1.29 is 14.4 Å². The second-order valence-electron chi connectivity index (χ2n) is 9.29. The molecule has 0 radical (unpaired) electrons. The van der Waals surface area contributed by atoms with Gasteiger partial charge in [0.2, 0.25) is 11.8 Å². The van der Waals surface area contributed by atoms with Crippen molar-refractivity contribution in [2.45, 2.75) is 38.6 Å². The van der Waals surface area contributed by atoms with E-state index in [9.17, 15) is 14.4 Å². The molecule has 3 aromatic rings. The van der Waals surface area contributed by atoms with E-state index in [0.717, 1.165) is 5.56 Å². The Morgan fingerprint density at radius 1 is 1.00 bits per heavy atom. The largest absolute Gasteiger partial charge is 0.326 e. The van der Waals surface area contributed by atoms with Gasteiger partial charge in [-0.05, 0) is 53.4 Å². The van der Waals surface area contributed by atoms with Crippen molar-refractivity contribution in [3.05, 3.63) is 88.9 Å². The van der Waals surface area contributed by atoms with Crippen molar-refractivity contribution >= 4 is 46.4 Å². The van der Waals surface area contributed by atoms with Crippen molar-refractivity contribution in [1.29, 1.82) is 0 Å². The van der Waals surface area contributed by atoms with Crippen LogP contribution in [0.15, 0.2) is 72.8 Å². The van der Waals surface area contributed by atoms with E-state index in [4.69, 9.17) is 11.6 Å². The Bertz CT molecular complexity index is 1250. The molecule has 0 bridgehead atoms. The number of rotatable bonds is 4. The zero-order chi connectivity index (χ0) is 24.5. The number of para-hydroxylation sites is 2. The van der Waals surface area contributed by atoms with Gasteiger partial charge in [0, 0.05) is 16.3 Å². The van der Waals surface area contributed by atoms with E-state index >= 15 is 0 Å². The van der Waals surface area contributed by atoms with Gasteiger partial charge in [0.25, 0.3) is 5.91 Å². The number of fused-ring (bicyclic) bond motifs is 1. The Labute approximate surface area is 203 Å². The van der Waals surface area contributed by atoms with Gasteiger partial charge in [-0.1, -0.05) is 62.7 Å². The van der Waals surface area contributed by atoms with E-state index in [2.05, 4.69) is 31.4 Å². The third-order valence-corrected chi connectivity index (χ3v) is 5.97. The van der Waals surface area contributed by atoms with Crippen LogP contribution in [-0.4, -0.2) is 23.8 Å². The van der Waals surface area contributed by atoms with Gasteiger partial charge < -0.3 is 10.6 Å². The number of amides is 3. The highest BCUT2D eigenvalue weighted by Gasteiger charge is 2.38. The number of anilines is 3. The lowest BCUT2D eigenvalue weighted by Gasteiger charge is -2.36. The Balaban J connectivity index is 1.65. The number of halogens is 1. The third kappa shape index (κ3) is 4.97. The van der Waals surface area contributed by atoms with Gasteiger partial charge in [0.05, 0.1) is 17.8 Å². The van der Waals surface area contributed by atoms with Crippen LogP contribution in [0.25, 0.3) is 0 Å². The van der Waals surface area contributed by atoms with Crippen LogP contribution in [0.3, 0.4) is 0 Å². The number of hydrogen-bond donors (Lipinski definition) is 2. The molecular formula is C27H26ClN3O3. The van der Waals surface area contributed by atoms with Gasteiger partial charge in [0.1, 0.15) is 6.04 Å². The van der Waals surface area contributed by atoms with Gasteiger partial charge in [-0.15, -0.1) is 0 Å². The molecule has 3 aromatic carbocycles. The molecule has 1 heterocycles.